The standard InChI is InChI=1S/C12H22N2S/c1-4-5-11(9-15)8-14-7-6-13-12(14)10(2)3/h6-7,10-11,15H,4-5,8-9H2,1-3H3. The van der Waals surface area contributed by atoms with Gasteiger partial charge in [-0.25, -0.2) is 4.98 Å². The quantitative estimate of drug-likeness (QED) is 0.736. The van der Waals surface area contributed by atoms with Crippen LogP contribution < -0.4 is 0 Å². The number of nitrogens with zero attached hydrogens (tertiary/aromatic N) is 2. The van der Waals surface area contributed by atoms with Crippen molar-refractivity contribution in [2.45, 2.75) is 46.1 Å². The summed E-state index contributed by atoms with van der Waals surface area (Å²) in [5.74, 6) is 3.33. The highest BCUT2D eigenvalue weighted by Gasteiger charge is 2.11. The molecule has 0 amide bonds. The van der Waals surface area contributed by atoms with Crippen LogP contribution in [-0.2, 0) is 6.54 Å². The molecule has 0 saturated heterocycles. The average Bonchev–Trinajstić information content (AvgIpc) is 2.65. The highest BCUT2D eigenvalue weighted by Crippen LogP contribution is 2.16. The lowest BCUT2D eigenvalue weighted by Crippen LogP contribution is -2.14. The highest BCUT2D eigenvalue weighted by molar-refractivity contribution is 7.80. The second kappa shape index (κ2) is 6.21. The van der Waals surface area contributed by atoms with Crippen LogP contribution in [0.4, 0.5) is 0 Å². The molecule has 1 unspecified atom stereocenters. The maximum atomic E-state index is 4.41. The lowest BCUT2D eigenvalue weighted by atomic mass is 10.1. The fourth-order valence-corrected chi connectivity index (χ4v) is 2.20. The molecule has 0 bridgehead atoms. The maximum Gasteiger partial charge on any atom is 0.111 e. The molecule has 0 aliphatic carbocycles. The third kappa shape index (κ3) is 3.56. The van der Waals surface area contributed by atoms with Gasteiger partial charge in [-0.15, -0.1) is 0 Å². The molecule has 1 atom stereocenters. The molecule has 0 aromatic carbocycles. The highest BCUT2D eigenvalue weighted by atomic mass is 32.1. The Hall–Kier alpha value is -0.440. The minimum Gasteiger partial charge on any atom is -0.334 e. The molecule has 15 heavy (non-hydrogen) atoms. The van der Waals surface area contributed by atoms with Gasteiger partial charge in [0.2, 0.25) is 0 Å². The van der Waals surface area contributed by atoms with Crippen molar-refractivity contribution in [2.24, 2.45) is 5.92 Å². The Morgan fingerprint density at radius 3 is 2.73 bits per heavy atom. The first-order valence-electron chi connectivity index (χ1n) is 5.80. The first-order valence-corrected chi connectivity index (χ1v) is 6.44. The summed E-state index contributed by atoms with van der Waals surface area (Å²) < 4.78 is 2.28. The van der Waals surface area contributed by atoms with E-state index >= 15 is 0 Å². The second-order valence-corrected chi connectivity index (χ2v) is 4.79. The van der Waals surface area contributed by atoms with Crippen molar-refractivity contribution < 1.29 is 0 Å². The van der Waals surface area contributed by atoms with Crippen molar-refractivity contribution in [1.29, 1.82) is 0 Å². The van der Waals surface area contributed by atoms with Crippen LogP contribution in [0.3, 0.4) is 0 Å². The summed E-state index contributed by atoms with van der Waals surface area (Å²) in [6.45, 7) is 7.67. The summed E-state index contributed by atoms with van der Waals surface area (Å²) in [4.78, 5) is 4.40. The van der Waals surface area contributed by atoms with Gasteiger partial charge in [0.05, 0.1) is 0 Å². The van der Waals surface area contributed by atoms with E-state index in [0.29, 0.717) is 11.8 Å². The number of hydrogen-bond acceptors (Lipinski definition) is 2. The summed E-state index contributed by atoms with van der Waals surface area (Å²) in [5, 5.41) is 0. The largest absolute Gasteiger partial charge is 0.334 e. The molecule has 0 saturated carbocycles. The minimum absolute atomic E-state index is 0.502. The molecule has 1 heterocycles. The predicted molar refractivity (Wildman–Crippen MR) is 68.6 cm³/mol. The smallest absolute Gasteiger partial charge is 0.111 e. The monoisotopic (exact) mass is 226 g/mol. The summed E-state index contributed by atoms with van der Waals surface area (Å²) in [5.41, 5.74) is 0. The van der Waals surface area contributed by atoms with E-state index in [4.69, 9.17) is 0 Å². The van der Waals surface area contributed by atoms with Gasteiger partial charge in [0.1, 0.15) is 5.82 Å². The number of imidazole rings is 1. The first kappa shape index (κ1) is 12.6. The summed E-state index contributed by atoms with van der Waals surface area (Å²) in [6, 6.07) is 0. The van der Waals surface area contributed by atoms with E-state index < -0.39 is 0 Å². The molecule has 0 aliphatic rings. The Labute approximate surface area is 98.5 Å². The fourth-order valence-electron chi connectivity index (χ4n) is 1.90. The van der Waals surface area contributed by atoms with Gasteiger partial charge >= 0.3 is 0 Å². The van der Waals surface area contributed by atoms with E-state index in [1.807, 2.05) is 6.20 Å². The zero-order valence-corrected chi connectivity index (χ0v) is 10.9. The number of aromatic nitrogens is 2. The van der Waals surface area contributed by atoms with Crippen LogP contribution in [0, 0.1) is 5.92 Å². The van der Waals surface area contributed by atoms with Crippen molar-refractivity contribution in [1.82, 2.24) is 9.55 Å². The predicted octanol–water partition coefficient (Wildman–Crippen LogP) is 3.35. The van der Waals surface area contributed by atoms with Gasteiger partial charge in [0.25, 0.3) is 0 Å². The Morgan fingerprint density at radius 2 is 2.20 bits per heavy atom. The zero-order valence-electron chi connectivity index (χ0n) is 9.98. The fraction of sp³-hybridized carbons (Fsp3) is 0.750. The number of hydrogen-bond donors (Lipinski definition) is 1. The van der Waals surface area contributed by atoms with Crippen LogP contribution in [0.1, 0.15) is 45.4 Å². The van der Waals surface area contributed by atoms with Gasteiger partial charge in [-0.2, -0.15) is 12.6 Å². The molecule has 0 aliphatic heterocycles. The van der Waals surface area contributed by atoms with E-state index in [-0.39, 0.29) is 0 Å². The maximum absolute atomic E-state index is 4.41. The van der Waals surface area contributed by atoms with Crippen LogP contribution in [0.25, 0.3) is 0 Å². The van der Waals surface area contributed by atoms with E-state index in [9.17, 15) is 0 Å². The molecular weight excluding hydrogens is 204 g/mol. The molecule has 3 heteroatoms. The van der Waals surface area contributed by atoms with Crippen LogP contribution in [0.15, 0.2) is 12.4 Å². The van der Waals surface area contributed by atoms with Gasteiger partial charge in [0.15, 0.2) is 0 Å². The van der Waals surface area contributed by atoms with Crippen LogP contribution in [0.5, 0.6) is 0 Å². The van der Waals surface area contributed by atoms with E-state index in [0.717, 1.165) is 12.3 Å². The van der Waals surface area contributed by atoms with Crippen molar-refractivity contribution >= 4 is 12.6 Å². The Kier molecular flexibility index (Phi) is 5.23. The number of thiol groups is 1. The van der Waals surface area contributed by atoms with E-state index in [1.54, 1.807) is 0 Å². The van der Waals surface area contributed by atoms with Crippen LogP contribution in [-0.4, -0.2) is 15.3 Å². The lowest BCUT2D eigenvalue weighted by Gasteiger charge is -2.17. The van der Waals surface area contributed by atoms with Crippen molar-refractivity contribution in [2.75, 3.05) is 5.75 Å². The van der Waals surface area contributed by atoms with Gasteiger partial charge < -0.3 is 4.57 Å². The minimum atomic E-state index is 0.502. The molecule has 1 aromatic rings. The van der Waals surface area contributed by atoms with Crippen LogP contribution in [0.2, 0.25) is 0 Å². The molecular formula is C12H22N2S. The van der Waals surface area contributed by atoms with E-state index in [2.05, 4.69) is 49.1 Å². The van der Waals surface area contributed by atoms with Crippen LogP contribution >= 0.6 is 12.6 Å². The first-order chi connectivity index (χ1) is 7.19. The Morgan fingerprint density at radius 1 is 1.47 bits per heavy atom. The Balaban J connectivity index is 2.65. The second-order valence-electron chi connectivity index (χ2n) is 4.43. The van der Waals surface area contributed by atoms with Gasteiger partial charge in [-0.1, -0.05) is 27.2 Å². The summed E-state index contributed by atoms with van der Waals surface area (Å²) in [7, 11) is 0. The molecule has 1 aromatic heterocycles. The normalized spacial score (nSPS) is 13.4. The van der Waals surface area contributed by atoms with Crippen molar-refractivity contribution in [3.8, 4) is 0 Å². The molecule has 2 nitrogen and oxygen atoms in total. The topological polar surface area (TPSA) is 17.8 Å². The number of rotatable bonds is 6. The van der Waals surface area contributed by atoms with Gasteiger partial charge in [-0.05, 0) is 18.1 Å². The van der Waals surface area contributed by atoms with Crippen molar-refractivity contribution in [3.63, 3.8) is 0 Å². The SMILES string of the molecule is CCCC(CS)Cn1ccnc1C(C)C. The molecule has 0 N–H and O–H groups in total. The van der Waals surface area contributed by atoms with E-state index in [1.165, 1.54) is 18.7 Å². The zero-order chi connectivity index (χ0) is 11.3. The third-order valence-corrected chi connectivity index (χ3v) is 3.19. The Bertz CT molecular complexity index is 281. The molecule has 86 valence electrons. The van der Waals surface area contributed by atoms with Gasteiger partial charge in [0, 0.05) is 24.9 Å². The summed E-state index contributed by atoms with van der Waals surface area (Å²) >= 11 is 4.41. The molecule has 0 spiro atoms. The lowest BCUT2D eigenvalue weighted by molar-refractivity contribution is 0.440. The third-order valence-electron chi connectivity index (χ3n) is 2.67. The summed E-state index contributed by atoms with van der Waals surface area (Å²) in [6.07, 6.45) is 6.47. The average molecular weight is 226 g/mol. The van der Waals surface area contributed by atoms with Crippen molar-refractivity contribution in [3.05, 3.63) is 18.2 Å². The molecule has 0 radical (unpaired) electrons. The molecule has 0 fully saturated rings. The molecule has 1 rings (SSSR count). The van der Waals surface area contributed by atoms with Gasteiger partial charge in [-0.3, -0.25) is 0 Å².